The van der Waals surface area contributed by atoms with Crippen LogP contribution in [0.4, 0.5) is 0 Å². The lowest BCUT2D eigenvalue weighted by molar-refractivity contribution is 0.406. The molecule has 0 amide bonds. The van der Waals surface area contributed by atoms with Crippen LogP contribution >= 0.6 is 0 Å². The van der Waals surface area contributed by atoms with Gasteiger partial charge in [0.1, 0.15) is 0 Å². The molecule has 0 aromatic heterocycles. The molecule has 62 valence electrons. The molecule has 0 aliphatic heterocycles. The van der Waals surface area contributed by atoms with E-state index in [1.807, 2.05) is 6.92 Å². The Hall–Kier alpha value is -0.0800. The van der Waals surface area contributed by atoms with Crippen molar-refractivity contribution in [2.45, 2.75) is 46.3 Å². The predicted molar refractivity (Wildman–Crippen MR) is 45.7 cm³/mol. The molecule has 2 unspecified atom stereocenters. The molecule has 0 aliphatic rings. The molecule has 0 rings (SSSR count). The second kappa shape index (κ2) is 4.69. The van der Waals surface area contributed by atoms with Crippen molar-refractivity contribution in [2.24, 2.45) is 11.7 Å². The van der Waals surface area contributed by atoms with Gasteiger partial charge in [-0.3, -0.25) is 5.32 Å². The topological polar surface area (TPSA) is 38.0 Å². The van der Waals surface area contributed by atoms with E-state index < -0.39 is 0 Å². The molecule has 0 radical (unpaired) electrons. The smallest absolute Gasteiger partial charge is 0.0519 e. The zero-order chi connectivity index (χ0) is 8.15. The van der Waals surface area contributed by atoms with E-state index in [4.69, 9.17) is 5.73 Å². The number of hydrogen-bond donors (Lipinski definition) is 2. The zero-order valence-electron chi connectivity index (χ0n) is 7.52. The lowest BCUT2D eigenvalue weighted by atomic mass is 10.1. The third kappa shape index (κ3) is 6.05. The maximum Gasteiger partial charge on any atom is 0.0519 e. The number of hydrogen-bond acceptors (Lipinski definition) is 2. The molecule has 0 aliphatic carbocycles. The standard InChI is InChI=1S/C8H20N2/c1-6(2)5-7(3)10-8(4)9/h6-8,10H,5,9H2,1-4H3. The second-order valence-corrected chi connectivity index (χ2v) is 3.49. The minimum absolute atomic E-state index is 0.119. The van der Waals surface area contributed by atoms with Crippen LogP contribution in [0, 0.1) is 5.92 Å². The van der Waals surface area contributed by atoms with Gasteiger partial charge < -0.3 is 5.73 Å². The van der Waals surface area contributed by atoms with Crippen LogP contribution in [0.2, 0.25) is 0 Å². The van der Waals surface area contributed by atoms with Gasteiger partial charge in [0.25, 0.3) is 0 Å². The zero-order valence-corrected chi connectivity index (χ0v) is 7.52. The highest BCUT2D eigenvalue weighted by molar-refractivity contribution is 4.64. The van der Waals surface area contributed by atoms with Crippen molar-refractivity contribution < 1.29 is 0 Å². The molecule has 0 bridgehead atoms. The molecular weight excluding hydrogens is 124 g/mol. The lowest BCUT2D eigenvalue weighted by Gasteiger charge is -2.18. The Morgan fingerprint density at radius 3 is 2.00 bits per heavy atom. The summed E-state index contributed by atoms with van der Waals surface area (Å²) in [7, 11) is 0. The largest absolute Gasteiger partial charge is 0.316 e. The minimum Gasteiger partial charge on any atom is -0.316 e. The van der Waals surface area contributed by atoms with Gasteiger partial charge in [-0.1, -0.05) is 13.8 Å². The molecule has 2 heteroatoms. The highest BCUT2D eigenvalue weighted by atomic mass is 15.0. The fourth-order valence-electron chi connectivity index (χ4n) is 1.22. The molecule has 0 saturated heterocycles. The molecule has 0 aromatic carbocycles. The van der Waals surface area contributed by atoms with Crippen LogP contribution in [0.1, 0.15) is 34.1 Å². The van der Waals surface area contributed by atoms with Gasteiger partial charge in [-0.15, -0.1) is 0 Å². The van der Waals surface area contributed by atoms with Crippen molar-refractivity contribution in [2.75, 3.05) is 0 Å². The van der Waals surface area contributed by atoms with E-state index in [1.54, 1.807) is 0 Å². The minimum atomic E-state index is 0.119. The monoisotopic (exact) mass is 144 g/mol. The van der Waals surface area contributed by atoms with Gasteiger partial charge in [-0.05, 0) is 26.2 Å². The van der Waals surface area contributed by atoms with E-state index in [1.165, 1.54) is 6.42 Å². The predicted octanol–water partition coefficient (Wildman–Crippen LogP) is 1.32. The third-order valence-electron chi connectivity index (χ3n) is 1.37. The normalized spacial score (nSPS) is 17.4. The maximum atomic E-state index is 5.56. The van der Waals surface area contributed by atoms with Gasteiger partial charge in [0.05, 0.1) is 6.17 Å². The van der Waals surface area contributed by atoms with Crippen molar-refractivity contribution >= 4 is 0 Å². The number of rotatable bonds is 4. The highest BCUT2D eigenvalue weighted by Gasteiger charge is 2.04. The molecule has 10 heavy (non-hydrogen) atoms. The van der Waals surface area contributed by atoms with Gasteiger partial charge in [0.2, 0.25) is 0 Å². The average molecular weight is 144 g/mol. The van der Waals surface area contributed by atoms with Crippen LogP contribution in [-0.4, -0.2) is 12.2 Å². The van der Waals surface area contributed by atoms with Gasteiger partial charge in [-0.25, -0.2) is 0 Å². The fraction of sp³-hybridized carbons (Fsp3) is 1.00. The van der Waals surface area contributed by atoms with Gasteiger partial charge in [0, 0.05) is 6.04 Å². The first kappa shape index (κ1) is 9.92. The summed E-state index contributed by atoms with van der Waals surface area (Å²) in [4.78, 5) is 0. The first-order valence-electron chi connectivity index (χ1n) is 4.04. The molecule has 0 fully saturated rings. The summed E-state index contributed by atoms with van der Waals surface area (Å²) in [6, 6.07) is 0.542. The molecule has 0 heterocycles. The van der Waals surface area contributed by atoms with Crippen LogP contribution in [0.3, 0.4) is 0 Å². The molecule has 0 saturated carbocycles. The average Bonchev–Trinajstić information content (AvgIpc) is 1.58. The Kier molecular flexibility index (Phi) is 4.65. The molecule has 2 nitrogen and oxygen atoms in total. The summed E-state index contributed by atoms with van der Waals surface area (Å²) in [5.41, 5.74) is 5.56. The van der Waals surface area contributed by atoms with Crippen molar-refractivity contribution in [1.29, 1.82) is 0 Å². The van der Waals surface area contributed by atoms with Crippen LogP contribution in [0.5, 0.6) is 0 Å². The molecule has 2 atom stereocenters. The van der Waals surface area contributed by atoms with Crippen LogP contribution in [0.15, 0.2) is 0 Å². The Balaban J connectivity index is 3.34. The van der Waals surface area contributed by atoms with Gasteiger partial charge in [0.15, 0.2) is 0 Å². The second-order valence-electron chi connectivity index (χ2n) is 3.49. The molecule has 0 spiro atoms. The summed E-state index contributed by atoms with van der Waals surface area (Å²) in [5.74, 6) is 0.751. The van der Waals surface area contributed by atoms with Gasteiger partial charge >= 0.3 is 0 Å². The number of nitrogens with one attached hydrogen (secondary N) is 1. The van der Waals surface area contributed by atoms with E-state index in [0.717, 1.165) is 5.92 Å². The van der Waals surface area contributed by atoms with Crippen molar-refractivity contribution in [3.63, 3.8) is 0 Å². The Bertz CT molecular complexity index is 69.3. The Labute approximate surface area is 64.2 Å². The first-order valence-corrected chi connectivity index (χ1v) is 4.04. The summed E-state index contributed by atoms with van der Waals surface area (Å²) in [6.07, 6.45) is 1.32. The molecule has 0 aromatic rings. The third-order valence-corrected chi connectivity index (χ3v) is 1.37. The first-order chi connectivity index (χ1) is 4.52. The van der Waals surface area contributed by atoms with E-state index >= 15 is 0 Å². The Morgan fingerprint density at radius 1 is 1.20 bits per heavy atom. The van der Waals surface area contributed by atoms with E-state index in [2.05, 4.69) is 26.1 Å². The fourth-order valence-corrected chi connectivity index (χ4v) is 1.22. The van der Waals surface area contributed by atoms with Crippen LogP contribution in [-0.2, 0) is 0 Å². The van der Waals surface area contributed by atoms with E-state index in [0.29, 0.717) is 6.04 Å². The summed E-state index contributed by atoms with van der Waals surface area (Å²) in [5, 5.41) is 3.25. The van der Waals surface area contributed by atoms with Crippen LogP contribution in [0.25, 0.3) is 0 Å². The summed E-state index contributed by atoms with van der Waals surface area (Å²) >= 11 is 0. The SMILES string of the molecule is CC(C)CC(C)NC(C)N. The highest BCUT2D eigenvalue weighted by Crippen LogP contribution is 2.03. The quantitative estimate of drug-likeness (QED) is 0.584. The summed E-state index contributed by atoms with van der Waals surface area (Å²) < 4.78 is 0. The van der Waals surface area contributed by atoms with E-state index in [9.17, 15) is 0 Å². The summed E-state index contributed by atoms with van der Waals surface area (Å²) in [6.45, 7) is 8.58. The Morgan fingerprint density at radius 2 is 1.70 bits per heavy atom. The lowest BCUT2D eigenvalue weighted by Crippen LogP contribution is -2.40. The maximum absolute atomic E-state index is 5.56. The molecule has 3 N–H and O–H groups in total. The van der Waals surface area contributed by atoms with Crippen molar-refractivity contribution in [3.05, 3.63) is 0 Å². The van der Waals surface area contributed by atoms with Crippen molar-refractivity contribution in [1.82, 2.24) is 5.32 Å². The van der Waals surface area contributed by atoms with Crippen molar-refractivity contribution in [3.8, 4) is 0 Å². The van der Waals surface area contributed by atoms with Gasteiger partial charge in [-0.2, -0.15) is 0 Å². The van der Waals surface area contributed by atoms with E-state index in [-0.39, 0.29) is 6.17 Å². The van der Waals surface area contributed by atoms with Crippen LogP contribution < -0.4 is 11.1 Å². The molecular formula is C8H20N2. The number of nitrogens with two attached hydrogens (primary N) is 1.